The van der Waals surface area contributed by atoms with E-state index in [2.05, 4.69) is 35.9 Å². The van der Waals surface area contributed by atoms with Crippen molar-refractivity contribution in [3.63, 3.8) is 0 Å². The number of hydrogen-bond acceptors (Lipinski definition) is 3. The van der Waals surface area contributed by atoms with Crippen molar-refractivity contribution < 1.29 is 4.79 Å². The van der Waals surface area contributed by atoms with Crippen LogP contribution in [0.1, 0.15) is 52.9 Å². The van der Waals surface area contributed by atoms with Gasteiger partial charge in [-0.2, -0.15) is 0 Å². The monoisotopic (exact) mass is 309 g/mol. The fourth-order valence-electron chi connectivity index (χ4n) is 3.80. The van der Waals surface area contributed by atoms with Gasteiger partial charge in [-0.3, -0.25) is 9.69 Å². The van der Waals surface area contributed by atoms with Crippen LogP contribution in [0, 0.1) is 11.8 Å². The number of carbonyl (C=O) groups excluding carboxylic acids is 1. The van der Waals surface area contributed by atoms with E-state index < -0.39 is 0 Å². The van der Waals surface area contributed by atoms with E-state index in [0.717, 1.165) is 38.6 Å². The van der Waals surface area contributed by atoms with Gasteiger partial charge in [0.15, 0.2) is 0 Å². The highest BCUT2D eigenvalue weighted by molar-refractivity contribution is 5.81. The lowest BCUT2D eigenvalue weighted by Crippen LogP contribution is -2.54. The van der Waals surface area contributed by atoms with E-state index in [1.807, 2.05) is 0 Å². The third kappa shape index (κ3) is 5.54. The summed E-state index contributed by atoms with van der Waals surface area (Å²) in [6.45, 7) is 12.9. The molecule has 2 rings (SSSR count). The molecule has 1 saturated heterocycles. The Labute approximate surface area is 136 Å². The number of hydrogen-bond donors (Lipinski definition) is 1. The first-order valence-corrected chi connectivity index (χ1v) is 9.30. The zero-order valence-electron chi connectivity index (χ0n) is 14.8. The van der Waals surface area contributed by atoms with Crippen molar-refractivity contribution in [1.29, 1.82) is 0 Å². The lowest BCUT2D eigenvalue weighted by Gasteiger charge is -2.38. The van der Waals surface area contributed by atoms with E-state index in [4.69, 9.17) is 0 Å². The van der Waals surface area contributed by atoms with E-state index in [0.29, 0.717) is 5.92 Å². The summed E-state index contributed by atoms with van der Waals surface area (Å²) in [6, 6.07) is 0.0183. The molecule has 4 heteroatoms. The largest absolute Gasteiger partial charge is 0.354 e. The average Bonchev–Trinajstić information content (AvgIpc) is 2.53. The van der Waals surface area contributed by atoms with Crippen LogP contribution in [0.25, 0.3) is 0 Å². The van der Waals surface area contributed by atoms with Gasteiger partial charge in [0.1, 0.15) is 0 Å². The standard InChI is InChI=1S/C18H35N3O/c1-15(2)14-20-9-11-21(12-10-20)16(3)18(22)19-13-17-7-5-4-6-8-17/h15-17H,4-14H2,1-3H3,(H,19,22). The highest BCUT2D eigenvalue weighted by Crippen LogP contribution is 2.22. The SMILES string of the molecule is CC(C)CN1CCN(C(C)C(=O)NCC2CCCCC2)CC1. The molecule has 4 nitrogen and oxygen atoms in total. The maximum atomic E-state index is 12.4. The average molecular weight is 309 g/mol. The Bertz CT molecular complexity index is 331. The summed E-state index contributed by atoms with van der Waals surface area (Å²) in [4.78, 5) is 17.2. The van der Waals surface area contributed by atoms with Crippen LogP contribution in [0.5, 0.6) is 0 Å². The van der Waals surface area contributed by atoms with Crippen molar-refractivity contribution in [3.05, 3.63) is 0 Å². The Balaban J connectivity index is 1.67. The molecule has 2 aliphatic rings. The summed E-state index contributed by atoms with van der Waals surface area (Å²) < 4.78 is 0. The minimum absolute atomic E-state index is 0.0183. The van der Waals surface area contributed by atoms with Gasteiger partial charge in [-0.1, -0.05) is 33.1 Å². The van der Waals surface area contributed by atoms with Crippen LogP contribution < -0.4 is 5.32 Å². The molecule has 1 aliphatic heterocycles. The molecule has 1 heterocycles. The number of nitrogens with zero attached hydrogens (tertiary/aromatic N) is 2. The molecule has 1 amide bonds. The van der Waals surface area contributed by atoms with Crippen molar-refractivity contribution in [2.75, 3.05) is 39.3 Å². The van der Waals surface area contributed by atoms with E-state index >= 15 is 0 Å². The van der Waals surface area contributed by atoms with E-state index in [-0.39, 0.29) is 11.9 Å². The number of piperazine rings is 1. The van der Waals surface area contributed by atoms with Crippen molar-refractivity contribution in [2.45, 2.75) is 58.9 Å². The van der Waals surface area contributed by atoms with Crippen LogP contribution in [0.2, 0.25) is 0 Å². The first kappa shape index (κ1) is 17.7. The van der Waals surface area contributed by atoms with Crippen LogP contribution in [0.4, 0.5) is 0 Å². The molecule has 1 aliphatic carbocycles. The molecule has 0 aromatic heterocycles. The predicted octanol–water partition coefficient (Wildman–Crippen LogP) is 2.34. The zero-order valence-corrected chi connectivity index (χ0v) is 14.8. The smallest absolute Gasteiger partial charge is 0.237 e. The maximum Gasteiger partial charge on any atom is 0.237 e. The number of rotatable bonds is 6. The van der Waals surface area contributed by atoms with Gasteiger partial charge >= 0.3 is 0 Å². The predicted molar refractivity (Wildman–Crippen MR) is 91.9 cm³/mol. The third-order valence-corrected chi connectivity index (χ3v) is 5.25. The highest BCUT2D eigenvalue weighted by atomic mass is 16.2. The van der Waals surface area contributed by atoms with Gasteiger partial charge in [-0.05, 0) is 31.6 Å². The fraction of sp³-hybridized carbons (Fsp3) is 0.944. The molecule has 1 atom stereocenters. The number of nitrogens with one attached hydrogen (secondary N) is 1. The summed E-state index contributed by atoms with van der Waals surface area (Å²) >= 11 is 0. The first-order valence-electron chi connectivity index (χ1n) is 9.30. The summed E-state index contributed by atoms with van der Waals surface area (Å²) in [7, 11) is 0. The zero-order chi connectivity index (χ0) is 15.9. The fourth-order valence-corrected chi connectivity index (χ4v) is 3.80. The molecule has 0 spiro atoms. The van der Waals surface area contributed by atoms with Crippen LogP contribution in [-0.2, 0) is 4.79 Å². The Morgan fingerprint density at radius 2 is 1.68 bits per heavy atom. The molecule has 22 heavy (non-hydrogen) atoms. The Morgan fingerprint density at radius 1 is 1.05 bits per heavy atom. The van der Waals surface area contributed by atoms with Gasteiger partial charge < -0.3 is 10.2 Å². The minimum Gasteiger partial charge on any atom is -0.354 e. The van der Waals surface area contributed by atoms with Gasteiger partial charge in [-0.25, -0.2) is 0 Å². The normalized spacial score (nSPS) is 23.6. The molecule has 0 radical (unpaired) electrons. The summed E-state index contributed by atoms with van der Waals surface area (Å²) in [5, 5.41) is 3.20. The minimum atomic E-state index is 0.0183. The highest BCUT2D eigenvalue weighted by Gasteiger charge is 2.26. The van der Waals surface area contributed by atoms with Gasteiger partial charge in [0.2, 0.25) is 5.91 Å². The van der Waals surface area contributed by atoms with E-state index in [1.165, 1.54) is 38.6 Å². The molecule has 128 valence electrons. The second-order valence-corrected chi connectivity index (χ2v) is 7.66. The Hall–Kier alpha value is -0.610. The first-order chi connectivity index (χ1) is 10.6. The summed E-state index contributed by atoms with van der Waals surface area (Å²) in [5.41, 5.74) is 0. The van der Waals surface area contributed by atoms with Crippen molar-refractivity contribution >= 4 is 5.91 Å². The summed E-state index contributed by atoms with van der Waals surface area (Å²) in [6.07, 6.45) is 6.65. The van der Waals surface area contributed by atoms with Gasteiger partial charge in [-0.15, -0.1) is 0 Å². The van der Waals surface area contributed by atoms with E-state index in [1.54, 1.807) is 0 Å². The summed E-state index contributed by atoms with van der Waals surface area (Å²) in [5.74, 6) is 1.67. The van der Waals surface area contributed by atoms with Crippen LogP contribution in [-0.4, -0.2) is 61.0 Å². The Kier molecular flexibility index (Phi) is 7.16. The third-order valence-electron chi connectivity index (χ3n) is 5.25. The molecular weight excluding hydrogens is 274 g/mol. The molecule has 0 aromatic carbocycles. The quantitative estimate of drug-likeness (QED) is 0.818. The number of carbonyl (C=O) groups is 1. The van der Waals surface area contributed by atoms with Crippen LogP contribution >= 0.6 is 0 Å². The second-order valence-electron chi connectivity index (χ2n) is 7.66. The van der Waals surface area contributed by atoms with Crippen molar-refractivity contribution in [3.8, 4) is 0 Å². The van der Waals surface area contributed by atoms with Crippen LogP contribution in [0.15, 0.2) is 0 Å². The molecule has 1 saturated carbocycles. The van der Waals surface area contributed by atoms with Crippen LogP contribution in [0.3, 0.4) is 0 Å². The topological polar surface area (TPSA) is 35.6 Å². The lowest BCUT2D eigenvalue weighted by molar-refractivity contribution is -0.126. The van der Waals surface area contributed by atoms with Crippen molar-refractivity contribution in [1.82, 2.24) is 15.1 Å². The maximum absolute atomic E-state index is 12.4. The molecule has 0 bridgehead atoms. The Morgan fingerprint density at radius 3 is 2.27 bits per heavy atom. The molecule has 0 aromatic rings. The molecule has 1 unspecified atom stereocenters. The number of amides is 1. The van der Waals surface area contributed by atoms with Gasteiger partial charge in [0.05, 0.1) is 6.04 Å². The van der Waals surface area contributed by atoms with E-state index in [9.17, 15) is 4.79 Å². The second kappa shape index (κ2) is 8.88. The lowest BCUT2D eigenvalue weighted by atomic mass is 9.89. The van der Waals surface area contributed by atoms with Gasteiger partial charge in [0, 0.05) is 39.3 Å². The van der Waals surface area contributed by atoms with Gasteiger partial charge in [0.25, 0.3) is 0 Å². The molecule has 1 N–H and O–H groups in total. The molecular formula is C18H35N3O. The van der Waals surface area contributed by atoms with Crippen molar-refractivity contribution in [2.24, 2.45) is 11.8 Å². The molecule has 2 fully saturated rings.